The summed E-state index contributed by atoms with van der Waals surface area (Å²) < 4.78 is 27.4. The van der Waals surface area contributed by atoms with Crippen molar-refractivity contribution in [2.75, 3.05) is 0 Å². The van der Waals surface area contributed by atoms with Crippen molar-refractivity contribution in [3.63, 3.8) is 0 Å². The van der Waals surface area contributed by atoms with Crippen LogP contribution in [0.4, 0.5) is 8.78 Å². The first-order chi connectivity index (χ1) is 8.95. The number of rotatable bonds is 3. The first-order valence-electron chi connectivity index (χ1n) is 5.52. The van der Waals surface area contributed by atoms with Crippen LogP contribution in [0, 0.1) is 0 Å². The lowest BCUT2D eigenvalue weighted by Crippen LogP contribution is -2.09. The number of alkyl halides is 1. The van der Waals surface area contributed by atoms with Gasteiger partial charge in [-0.25, -0.2) is 13.8 Å². The van der Waals surface area contributed by atoms with Crippen molar-refractivity contribution in [2.45, 2.75) is 19.0 Å². The summed E-state index contributed by atoms with van der Waals surface area (Å²) in [5, 5.41) is 0. The fraction of sp³-hybridized carbons (Fsp3) is 0.231. The predicted molar refractivity (Wildman–Crippen MR) is 75.4 cm³/mol. The number of carbonyl (C=O) groups is 1. The van der Waals surface area contributed by atoms with Gasteiger partial charge in [-0.05, 0) is 61.7 Å². The minimum Gasteiger partial charge on any atom is -0.292 e. The van der Waals surface area contributed by atoms with E-state index >= 15 is 0 Å². The van der Waals surface area contributed by atoms with E-state index in [0.717, 1.165) is 0 Å². The SMILES string of the molecule is O=C(CC1=CC(F)CC(F)=C1)c1nc(Br)ccc1Br. The molecule has 0 aliphatic heterocycles. The molecule has 1 atom stereocenters. The second kappa shape index (κ2) is 6.05. The summed E-state index contributed by atoms with van der Waals surface area (Å²) in [5.41, 5.74) is 0.583. The number of halogens is 4. The zero-order valence-corrected chi connectivity index (χ0v) is 12.8. The van der Waals surface area contributed by atoms with Gasteiger partial charge < -0.3 is 0 Å². The van der Waals surface area contributed by atoms with Crippen LogP contribution in [0.15, 0.2) is 44.8 Å². The maximum atomic E-state index is 13.2. The molecule has 6 heteroatoms. The van der Waals surface area contributed by atoms with Crippen LogP contribution in [-0.2, 0) is 0 Å². The first-order valence-corrected chi connectivity index (χ1v) is 7.10. The van der Waals surface area contributed by atoms with Gasteiger partial charge in [-0.3, -0.25) is 4.79 Å². The van der Waals surface area contributed by atoms with Gasteiger partial charge in [0.05, 0.1) is 0 Å². The molecule has 0 aromatic carbocycles. The van der Waals surface area contributed by atoms with Gasteiger partial charge in [-0.1, -0.05) is 0 Å². The van der Waals surface area contributed by atoms with E-state index in [2.05, 4.69) is 36.8 Å². The summed E-state index contributed by atoms with van der Waals surface area (Å²) in [6, 6.07) is 3.38. The number of aromatic nitrogens is 1. The van der Waals surface area contributed by atoms with Gasteiger partial charge >= 0.3 is 0 Å². The van der Waals surface area contributed by atoms with Gasteiger partial charge in [0.15, 0.2) is 5.78 Å². The Labute approximate surface area is 125 Å². The minimum atomic E-state index is -1.37. The van der Waals surface area contributed by atoms with Gasteiger partial charge in [0, 0.05) is 17.3 Å². The third kappa shape index (κ3) is 3.79. The highest BCUT2D eigenvalue weighted by Crippen LogP contribution is 2.25. The van der Waals surface area contributed by atoms with Crippen molar-refractivity contribution in [3.8, 4) is 0 Å². The van der Waals surface area contributed by atoms with E-state index in [9.17, 15) is 13.6 Å². The zero-order valence-electron chi connectivity index (χ0n) is 9.67. The van der Waals surface area contributed by atoms with Crippen LogP contribution in [0.5, 0.6) is 0 Å². The Bertz CT molecular complexity index is 584. The van der Waals surface area contributed by atoms with E-state index in [1.54, 1.807) is 12.1 Å². The molecule has 1 heterocycles. The minimum absolute atomic E-state index is 0.0735. The van der Waals surface area contributed by atoms with Gasteiger partial charge in [-0.15, -0.1) is 0 Å². The fourth-order valence-electron chi connectivity index (χ4n) is 1.78. The Hall–Kier alpha value is -0.880. The largest absolute Gasteiger partial charge is 0.292 e. The maximum absolute atomic E-state index is 13.2. The predicted octanol–water partition coefficient (Wildman–Crippen LogP) is 4.70. The number of carbonyl (C=O) groups excluding carboxylic acids is 1. The number of pyridine rings is 1. The summed E-state index contributed by atoms with van der Waals surface area (Å²) in [4.78, 5) is 16.1. The molecule has 1 aromatic rings. The van der Waals surface area contributed by atoms with E-state index < -0.39 is 12.0 Å². The van der Waals surface area contributed by atoms with Gasteiger partial charge in [0.25, 0.3) is 0 Å². The Morgan fingerprint density at radius 2 is 2.16 bits per heavy atom. The fourth-order valence-corrected chi connectivity index (χ4v) is 2.53. The summed E-state index contributed by atoms with van der Waals surface area (Å²) in [5.74, 6) is -0.836. The number of nitrogens with zero attached hydrogens (tertiary/aromatic N) is 1. The van der Waals surface area contributed by atoms with E-state index in [-0.39, 0.29) is 24.3 Å². The quantitative estimate of drug-likeness (QED) is 0.551. The van der Waals surface area contributed by atoms with Crippen molar-refractivity contribution in [1.29, 1.82) is 0 Å². The van der Waals surface area contributed by atoms with Crippen LogP contribution in [0.3, 0.4) is 0 Å². The van der Waals surface area contributed by atoms with Crippen molar-refractivity contribution >= 4 is 37.6 Å². The normalized spacial score (nSPS) is 18.8. The Kier molecular flexibility index (Phi) is 4.62. The van der Waals surface area contributed by atoms with Crippen LogP contribution in [0.25, 0.3) is 0 Å². The molecule has 1 unspecified atom stereocenters. The second-order valence-electron chi connectivity index (χ2n) is 4.12. The summed E-state index contributed by atoms with van der Waals surface area (Å²) in [6.45, 7) is 0. The topological polar surface area (TPSA) is 30.0 Å². The van der Waals surface area contributed by atoms with Crippen molar-refractivity contribution in [1.82, 2.24) is 4.98 Å². The van der Waals surface area contributed by atoms with Gasteiger partial charge in [0.1, 0.15) is 22.3 Å². The van der Waals surface area contributed by atoms with Crippen LogP contribution < -0.4 is 0 Å². The summed E-state index contributed by atoms with van der Waals surface area (Å²) in [7, 11) is 0. The van der Waals surface area contributed by atoms with E-state index in [1.807, 2.05) is 0 Å². The number of Topliss-reactive ketones (excluding diaryl/α,β-unsaturated/α-hetero) is 1. The lowest BCUT2D eigenvalue weighted by molar-refractivity contribution is 0.0987. The molecule has 100 valence electrons. The van der Waals surface area contributed by atoms with Gasteiger partial charge in [0.2, 0.25) is 0 Å². The number of hydrogen-bond acceptors (Lipinski definition) is 2. The van der Waals surface area contributed by atoms with Crippen molar-refractivity contribution < 1.29 is 13.6 Å². The van der Waals surface area contributed by atoms with E-state index in [0.29, 0.717) is 14.6 Å². The molecular formula is C13H9Br2F2NO. The molecule has 0 radical (unpaired) electrons. The number of ketones is 1. The molecule has 1 aliphatic rings. The average molecular weight is 393 g/mol. The standard InChI is InChI=1S/C13H9Br2F2NO/c14-10-1-2-12(15)18-13(10)11(19)5-7-3-8(16)6-9(17)4-7/h1-4,8H,5-6H2. The Morgan fingerprint density at radius 1 is 1.42 bits per heavy atom. The van der Waals surface area contributed by atoms with Crippen LogP contribution in [0.2, 0.25) is 0 Å². The van der Waals surface area contributed by atoms with Crippen molar-refractivity contribution in [2.24, 2.45) is 0 Å². The third-order valence-corrected chi connectivity index (χ3v) is 3.65. The Morgan fingerprint density at radius 3 is 2.84 bits per heavy atom. The second-order valence-corrected chi connectivity index (χ2v) is 5.78. The lowest BCUT2D eigenvalue weighted by atomic mass is 9.99. The molecule has 2 nitrogen and oxygen atoms in total. The molecule has 1 aromatic heterocycles. The van der Waals surface area contributed by atoms with Gasteiger partial charge in [-0.2, -0.15) is 0 Å². The lowest BCUT2D eigenvalue weighted by Gasteiger charge is -2.11. The highest BCUT2D eigenvalue weighted by atomic mass is 79.9. The van der Waals surface area contributed by atoms with Crippen LogP contribution in [0.1, 0.15) is 23.3 Å². The molecule has 0 bridgehead atoms. The van der Waals surface area contributed by atoms with Crippen LogP contribution >= 0.6 is 31.9 Å². The maximum Gasteiger partial charge on any atom is 0.186 e. The zero-order chi connectivity index (χ0) is 14.0. The smallest absolute Gasteiger partial charge is 0.186 e. The highest BCUT2D eigenvalue weighted by molar-refractivity contribution is 9.11. The number of hydrogen-bond donors (Lipinski definition) is 0. The molecule has 0 spiro atoms. The first kappa shape index (κ1) is 14.5. The monoisotopic (exact) mass is 391 g/mol. The average Bonchev–Trinajstić information content (AvgIpc) is 2.30. The number of allylic oxidation sites excluding steroid dienone is 4. The summed E-state index contributed by atoms with van der Waals surface area (Å²) >= 11 is 6.41. The van der Waals surface area contributed by atoms with Crippen LogP contribution in [-0.4, -0.2) is 16.9 Å². The summed E-state index contributed by atoms with van der Waals surface area (Å²) in [6.07, 6.45) is 0.783. The third-order valence-electron chi connectivity index (χ3n) is 2.57. The molecular weight excluding hydrogens is 384 g/mol. The highest BCUT2D eigenvalue weighted by Gasteiger charge is 2.19. The molecule has 19 heavy (non-hydrogen) atoms. The molecule has 0 saturated heterocycles. The molecule has 0 saturated carbocycles. The molecule has 0 amide bonds. The molecule has 0 N–H and O–H groups in total. The van der Waals surface area contributed by atoms with Crippen molar-refractivity contribution in [3.05, 3.63) is 50.5 Å². The molecule has 1 aliphatic carbocycles. The van der Waals surface area contributed by atoms with E-state index in [4.69, 9.17) is 0 Å². The molecule has 0 fully saturated rings. The Balaban J connectivity index is 2.20. The van der Waals surface area contributed by atoms with E-state index in [1.165, 1.54) is 12.2 Å². The molecule has 2 rings (SSSR count).